The van der Waals surface area contributed by atoms with E-state index in [4.69, 9.17) is 13.9 Å². The Kier molecular flexibility index (Phi) is 7.87. The Morgan fingerprint density at radius 2 is 2.03 bits per heavy atom. The van der Waals surface area contributed by atoms with Crippen LogP contribution in [0.15, 0.2) is 82.8 Å². The molecule has 39 heavy (non-hydrogen) atoms. The van der Waals surface area contributed by atoms with Crippen LogP contribution >= 0.6 is 39.0 Å². The third-order valence-electron chi connectivity index (χ3n) is 5.85. The number of hydrogen-bond acceptors (Lipinski definition) is 10. The van der Waals surface area contributed by atoms with Gasteiger partial charge in [0.1, 0.15) is 11.5 Å². The second-order valence-corrected chi connectivity index (χ2v) is 11.2. The maximum absolute atomic E-state index is 13.8. The molecule has 9 nitrogen and oxygen atoms in total. The molecule has 0 saturated carbocycles. The quantitative estimate of drug-likeness (QED) is 0.219. The van der Waals surface area contributed by atoms with Crippen molar-refractivity contribution in [3.63, 3.8) is 0 Å². The summed E-state index contributed by atoms with van der Waals surface area (Å²) in [5.74, 6) is 0.631. The van der Waals surface area contributed by atoms with Crippen LogP contribution in [0.3, 0.4) is 0 Å². The Hall–Kier alpha value is -3.48. The smallest absolute Gasteiger partial charge is 0.338 e. The third-order valence-corrected chi connectivity index (χ3v) is 8.56. The minimum absolute atomic E-state index is 0.205. The number of thiazole rings is 1. The molecule has 4 heterocycles. The molecule has 1 atom stereocenters. The van der Waals surface area contributed by atoms with Crippen molar-refractivity contribution in [1.82, 2.24) is 14.5 Å². The number of nitrogens with zero attached hydrogens (tertiary/aromatic N) is 4. The fourth-order valence-electron chi connectivity index (χ4n) is 4.09. The number of hydrogen-bond donors (Lipinski definition) is 0. The molecule has 0 bridgehead atoms. The molecule has 0 aliphatic carbocycles. The normalized spacial score (nSPS) is 15.2. The average Bonchev–Trinajstić information content (AvgIpc) is 3.41. The Labute approximate surface area is 240 Å². The number of carbonyl (C=O) groups excluding carboxylic acids is 1. The van der Waals surface area contributed by atoms with E-state index in [-0.39, 0.29) is 12.2 Å². The second kappa shape index (κ2) is 11.3. The highest BCUT2D eigenvalue weighted by Crippen LogP contribution is 2.35. The lowest BCUT2D eigenvalue weighted by molar-refractivity contribution is -0.139. The number of fused-ring (bicyclic) bond motifs is 1. The van der Waals surface area contributed by atoms with E-state index in [0.29, 0.717) is 46.8 Å². The highest BCUT2D eigenvalue weighted by molar-refractivity contribution is 9.10. The predicted octanol–water partition coefficient (Wildman–Crippen LogP) is 4.41. The first-order valence-electron chi connectivity index (χ1n) is 11.9. The summed E-state index contributed by atoms with van der Waals surface area (Å²) in [7, 11) is 1.58. The van der Waals surface area contributed by atoms with Gasteiger partial charge in [-0.2, -0.15) is 0 Å². The van der Waals surface area contributed by atoms with E-state index in [1.807, 2.05) is 25.1 Å². The number of carbonyl (C=O) groups is 1. The van der Waals surface area contributed by atoms with Crippen LogP contribution in [0.4, 0.5) is 0 Å². The highest BCUT2D eigenvalue weighted by atomic mass is 79.9. The summed E-state index contributed by atoms with van der Waals surface area (Å²) in [5, 5.41) is 1.12. The van der Waals surface area contributed by atoms with Gasteiger partial charge < -0.3 is 13.9 Å². The number of methoxy groups -OCH3 is 1. The number of benzene rings is 1. The van der Waals surface area contributed by atoms with Gasteiger partial charge >= 0.3 is 5.97 Å². The standard InChI is InChI=1S/C27H23BrN4O5S2/c1-5-36-24(34)21-15(3)31-27-32(22(21)16-6-8-17(35-4)9-7-16)23(33)20(38-27)13-18-12-19(28)25(37-18)39-26-29-11-10-14(2)30-26/h6-13,22H,5H2,1-4H3/b20-13+/t22-/m0/s1. The summed E-state index contributed by atoms with van der Waals surface area (Å²) < 4.78 is 19.3. The molecule has 0 spiro atoms. The van der Waals surface area contributed by atoms with Crippen molar-refractivity contribution < 1.29 is 18.7 Å². The molecule has 0 amide bonds. The van der Waals surface area contributed by atoms with Gasteiger partial charge in [0.25, 0.3) is 5.56 Å². The number of ether oxygens (including phenoxy) is 2. The number of esters is 1. The number of allylic oxidation sites excluding steroid dienone is 1. The molecule has 5 rings (SSSR count). The van der Waals surface area contributed by atoms with E-state index in [1.54, 1.807) is 51.4 Å². The molecule has 0 saturated heterocycles. The lowest BCUT2D eigenvalue weighted by atomic mass is 9.96. The van der Waals surface area contributed by atoms with Crippen molar-refractivity contribution in [2.45, 2.75) is 37.1 Å². The van der Waals surface area contributed by atoms with E-state index < -0.39 is 12.0 Å². The first-order chi connectivity index (χ1) is 18.8. The van der Waals surface area contributed by atoms with Gasteiger partial charge in [-0.15, -0.1) is 0 Å². The number of rotatable bonds is 7. The van der Waals surface area contributed by atoms with Gasteiger partial charge in [0.2, 0.25) is 0 Å². The van der Waals surface area contributed by atoms with Crippen LogP contribution in [0.2, 0.25) is 0 Å². The minimum Gasteiger partial charge on any atom is -0.497 e. The summed E-state index contributed by atoms with van der Waals surface area (Å²) in [6.45, 7) is 5.59. The largest absolute Gasteiger partial charge is 0.497 e. The van der Waals surface area contributed by atoms with Crippen molar-refractivity contribution in [2.75, 3.05) is 13.7 Å². The maximum atomic E-state index is 13.8. The van der Waals surface area contributed by atoms with Gasteiger partial charge in [0, 0.05) is 18.0 Å². The molecule has 200 valence electrons. The number of furan rings is 1. The SMILES string of the molecule is CCOC(=O)C1=C(C)N=c2s/c(=C/c3cc(Br)c(Sc4nccc(C)n4)o3)c(=O)n2[C@H]1c1ccc(OC)cc1. The molecule has 0 fully saturated rings. The lowest BCUT2D eigenvalue weighted by Crippen LogP contribution is -2.39. The van der Waals surface area contributed by atoms with Crippen LogP contribution in [-0.4, -0.2) is 34.2 Å². The van der Waals surface area contributed by atoms with E-state index in [0.717, 1.165) is 11.3 Å². The van der Waals surface area contributed by atoms with Crippen molar-refractivity contribution in [1.29, 1.82) is 0 Å². The fraction of sp³-hybridized carbons (Fsp3) is 0.222. The van der Waals surface area contributed by atoms with Crippen molar-refractivity contribution in [2.24, 2.45) is 4.99 Å². The topological polar surface area (TPSA) is 109 Å². The molecule has 0 unspecified atom stereocenters. The van der Waals surface area contributed by atoms with Crippen LogP contribution in [0, 0.1) is 6.92 Å². The zero-order chi connectivity index (χ0) is 27.7. The van der Waals surface area contributed by atoms with Crippen LogP contribution in [0.25, 0.3) is 6.08 Å². The molecular formula is C27H23BrN4O5S2. The molecule has 1 aliphatic rings. The number of halogens is 1. The first kappa shape index (κ1) is 27.1. The average molecular weight is 628 g/mol. The Morgan fingerprint density at radius 1 is 1.26 bits per heavy atom. The van der Waals surface area contributed by atoms with E-state index in [9.17, 15) is 9.59 Å². The van der Waals surface area contributed by atoms with E-state index >= 15 is 0 Å². The van der Waals surface area contributed by atoms with Crippen molar-refractivity contribution >= 4 is 51.1 Å². The van der Waals surface area contributed by atoms with Crippen molar-refractivity contribution in [3.05, 3.63) is 95.0 Å². The summed E-state index contributed by atoms with van der Waals surface area (Å²) >= 11 is 6.03. The molecule has 3 aromatic heterocycles. The van der Waals surface area contributed by atoms with Gasteiger partial charge in [0.15, 0.2) is 15.1 Å². The van der Waals surface area contributed by atoms with Crippen LogP contribution in [0.5, 0.6) is 5.75 Å². The maximum Gasteiger partial charge on any atom is 0.338 e. The second-order valence-electron chi connectivity index (χ2n) is 8.44. The van der Waals surface area contributed by atoms with E-state index in [1.165, 1.54) is 27.7 Å². The monoisotopic (exact) mass is 626 g/mol. The highest BCUT2D eigenvalue weighted by Gasteiger charge is 2.33. The zero-order valence-electron chi connectivity index (χ0n) is 21.4. The Balaban J connectivity index is 1.60. The number of aryl methyl sites for hydroxylation is 1. The molecule has 0 N–H and O–H groups in total. The molecule has 1 aromatic carbocycles. The van der Waals surface area contributed by atoms with Gasteiger partial charge in [-0.25, -0.2) is 19.8 Å². The van der Waals surface area contributed by atoms with Gasteiger partial charge in [-0.3, -0.25) is 9.36 Å². The van der Waals surface area contributed by atoms with Crippen LogP contribution < -0.4 is 19.6 Å². The van der Waals surface area contributed by atoms with Crippen LogP contribution in [-0.2, 0) is 9.53 Å². The van der Waals surface area contributed by atoms with Crippen LogP contribution in [0.1, 0.15) is 36.9 Å². The van der Waals surface area contributed by atoms with Gasteiger partial charge in [-0.1, -0.05) is 23.5 Å². The summed E-state index contributed by atoms with van der Waals surface area (Å²) in [5.41, 5.74) is 2.11. The minimum atomic E-state index is -0.707. The summed E-state index contributed by atoms with van der Waals surface area (Å²) in [6.07, 6.45) is 3.36. The molecule has 4 aromatic rings. The number of aromatic nitrogens is 3. The van der Waals surface area contributed by atoms with Gasteiger partial charge in [-0.05, 0) is 78.3 Å². The zero-order valence-corrected chi connectivity index (χ0v) is 24.6. The lowest BCUT2D eigenvalue weighted by Gasteiger charge is -2.24. The van der Waals surface area contributed by atoms with Crippen molar-refractivity contribution in [3.8, 4) is 5.75 Å². The molecule has 0 radical (unpaired) electrons. The predicted molar refractivity (Wildman–Crippen MR) is 151 cm³/mol. The molecule has 1 aliphatic heterocycles. The molecular weight excluding hydrogens is 604 g/mol. The Morgan fingerprint density at radius 3 is 2.72 bits per heavy atom. The first-order valence-corrected chi connectivity index (χ1v) is 14.3. The third kappa shape index (κ3) is 5.49. The Bertz CT molecular complexity index is 1770. The van der Waals surface area contributed by atoms with E-state index in [2.05, 4.69) is 30.9 Å². The summed E-state index contributed by atoms with van der Waals surface area (Å²) in [6, 6.07) is 10.1. The van der Waals surface area contributed by atoms with Gasteiger partial charge in [0.05, 0.1) is 40.0 Å². The fourth-order valence-corrected chi connectivity index (χ4v) is 6.43. The summed E-state index contributed by atoms with van der Waals surface area (Å²) in [4.78, 5) is 40.6. The molecule has 12 heteroatoms.